The van der Waals surface area contributed by atoms with Crippen LogP contribution in [0.1, 0.15) is 34.7 Å². The SMILES string of the molecule is Cc1nn(C)c(C)c1-c1cc(C(=O)N2CCC(Oc3ccccn3)CC2)[nH]n1. The first-order chi connectivity index (χ1) is 13.5. The number of piperidine rings is 1. The first kappa shape index (κ1) is 18.2. The van der Waals surface area contributed by atoms with Crippen LogP contribution in [0.3, 0.4) is 0 Å². The van der Waals surface area contributed by atoms with Gasteiger partial charge >= 0.3 is 0 Å². The predicted molar refractivity (Wildman–Crippen MR) is 104 cm³/mol. The number of H-pyrrole nitrogens is 1. The number of rotatable bonds is 4. The highest BCUT2D eigenvalue weighted by Gasteiger charge is 2.26. The highest BCUT2D eigenvalue weighted by atomic mass is 16.5. The number of aromatic amines is 1. The lowest BCUT2D eigenvalue weighted by molar-refractivity contribution is 0.0582. The molecule has 1 aliphatic heterocycles. The van der Waals surface area contributed by atoms with E-state index < -0.39 is 0 Å². The van der Waals surface area contributed by atoms with Gasteiger partial charge in [-0.2, -0.15) is 10.2 Å². The molecule has 1 fully saturated rings. The van der Waals surface area contributed by atoms with Crippen molar-refractivity contribution in [2.45, 2.75) is 32.8 Å². The normalized spacial score (nSPS) is 15.0. The summed E-state index contributed by atoms with van der Waals surface area (Å²) < 4.78 is 7.73. The Balaban J connectivity index is 1.40. The standard InChI is InChI=1S/C20H24N6O2/c1-13-19(14(2)25(3)24-13)16-12-17(23-22-16)20(27)26-10-7-15(8-11-26)28-18-6-4-5-9-21-18/h4-6,9,12,15H,7-8,10-11H2,1-3H3,(H,22,23). The lowest BCUT2D eigenvalue weighted by Gasteiger charge is -2.31. The van der Waals surface area contributed by atoms with Crippen LogP contribution in [0.15, 0.2) is 30.5 Å². The van der Waals surface area contributed by atoms with E-state index in [2.05, 4.69) is 20.3 Å². The lowest BCUT2D eigenvalue weighted by atomic mass is 10.1. The van der Waals surface area contributed by atoms with Crippen LogP contribution in [0.25, 0.3) is 11.3 Å². The number of carbonyl (C=O) groups excluding carboxylic acids is 1. The van der Waals surface area contributed by atoms with E-state index in [9.17, 15) is 4.79 Å². The molecule has 0 saturated carbocycles. The molecule has 3 aromatic rings. The molecule has 3 aromatic heterocycles. The Morgan fingerprint density at radius 3 is 2.68 bits per heavy atom. The average molecular weight is 380 g/mol. The maximum atomic E-state index is 12.9. The van der Waals surface area contributed by atoms with Gasteiger partial charge in [0.1, 0.15) is 11.8 Å². The monoisotopic (exact) mass is 380 g/mol. The third-order valence-electron chi connectivity index (χ3n) is 5.23. The van der Waals surface area contributed by atoms with E-state index in [0.717, 1.165) is 35.5 Å². The van der Waals surface area contributed by atoms with Gasteiger partial charge in [0.15, 0.2) is 0 Å². The number of likely N-dealkylation sites (tertiary alicyclic amines) is 1. The number of pyridine rings is 1. The Morgan fingerprint density at radius 2 is 2.04 bits per heavy atom. The summed E-state index contributed by atoms with van der Waals surface area (Å²) in [5.41, 5.74) is 4.15. The third-order valence-corrected chi connectivity index (χ3v) is 5.23. The number of aryl methyl sites for hydroxylation is 2. The minimum absolute atomic E-state index is 0.0331. The van der Waals surface area contributed by atoms with Crippen LogP contribution in [0.2, 0.25) is 0 Å². The van der Waals surface area contributed by atoms with Crippen molar-refractivity contribution in [2.75, 3.05) is 13.1 Å². The van der Waals surface area contributed by atoms with Crippen molar-refractivity contribution in [3.05, 3.63) is 47.5 Å². The van der Waals surface area contributed by atoms with Gasteiger partial charge in [-0.05, 0) is 26.0 Å². The fourth-order valence-corrected chi connectivity index (χ4v) is 3.64. The zero-order valence-corrected chi connectivity index (χ0v) is 16.3. The third kappa shape index (κ3) is 3.49. The number of nitrogens with zero attached hydrogens (tertiary/aromatic N) is 5. The number of hydrogen-bond donors (Lipinski definition) is 1. The van der Waals surface area contributed by atoms with Crippen molar-refractivity contribution < 1.29 is 9.53 Å². The van der Waals surface area contributed by atoms with Crippen molar-refractivity contribution in [1.82, 2.24) is 29.9 Å². The van der Waals surface area contributed by atoms with E-state index in [1.807, 2.05) is 54.7 Å². The molecular formula is C20H24N6O2. The van der Waals surface area contributed by atoms with Crippen molar-refractivity contribution in [1.29, 1.82) is 0 Å². The molecular weight excluding hydrogens is 356 g/mol. The van der Waals surface area contributed by atoms with Gasteiger partial charge in [0, 0.05) is 56.5 Å². The first-order valence-corrected chi connectivity index (χ1v) is 9.46. The van der Waals surface area contributed by atoms with Crippen LogP contribution in [0, 0.1) is 13.8 Å². The number of amides is 1. The molecule has 0 unspecified atom stereocenters. The fraction of sp³-hybridized carbons (Fsp3) is 0.400. The fourth-order valence-electron chi connectivity index (χ4n) is 3.64. The number of hydrogen-bond acceptors (Lipinski definition) is 5. The van der Waals surface area contributed by atoms with E-state index in [1.165, 1.54) is 0 Å². The van der Waals surface area contributed by atoms with Gasteiger partial charge in [0.05, 0.1) is 11.4 Å². The largest absolute Gasteiger partial charge is 0.474 e. The summed E-state index contributed by atoms with van der Waals surface area (Å²) >= 11 is 0. The van der Waals surface area contributed by atoms with Crippen LogP contribution in [-0.4, -0.2) is 55.0 Å². The summed E-state index contributed by atoms with van der Waals surface area (Å²) in [7, 11) is 1.90. The summed E-state index contributed by atoms with van der Waals surface area (Å²) in [5, 5.41) is 11.7. The second-order valence-electron chi connectivity index (χ2n) is 7.11. The highest BCUT2D eigenvalue weighted by molar-refractivity contribution is 5.93. The van der Waals surface area contributed by atoms with E-state index in [4.69, 9.17) is 4.74 Å². The molecule has 0 atom stereocenters. The van der Waals surface area contributed by atoms with Crippen LogP contribution < -0.4 is 4.74 Å². The number of ether oxygens (including phenoxy) is 1. The van der Waals surface area contributed by atoms with E-state index in [1.54, 1.807) is 6.20 Å². The van der Waals surface area contributed by atoms with Gasteiger partial charge in [-0.25, -0.2) is 4.98 Å². The Bertz CT molecular complexity index is 970. The molecule has 8 nitrogen and oxygen atoms in total. The van der Waals surface area contributed by atoms with E-state index >= 15 is 0 Å². The summed E-state index contributed by atoms with van der Waals surface area (Å²) in [6.07, 6.45) is 3.36. The molecule has 4 heterocycles. The first-order valence-electron chi connectivity index (χ1n) is 9.46. The topological polar surface area (TPSA) is 88.9 Å². The molecule has 0 spiro atoms. The molecule has 8 heteroatoms. The van der Waals surface area contributed by atoms with Crippen LogP contribution in [-0.2, 0) is 7.05 Å². The molecule has 1 saturated heterocycles. The molecule has 1 aliphatic rings. The van der Waals surface area contributed by atoms with Gasteiger partial charge in [-0.3, -0.25) is 14.6 Å². The second-order valence-corrected chi connectivity index (χ2v) is 7.11. The van der Waals surface area contributed by atoms with E-state index in [0.29, 0.717) is 24.7 Å². The molecule has 0 bridgehead atoms. The van der Waals surface area contributed by atoms with Crippen molar-refractivity contribution in [3.8, 4) is 17.1 Å². The summed E-state index contributed by atoms with van der Waals surface area (Å²) in [6.45, 7) is 5.24. The van der Waals surface area contributed by atoms with Gasteiger partial charge in [-0.1, -0.05) is 6.07 Å². The van der Waals surface area contributed by atoms with Crippen molar-refractivity contribution >= 4 is 5.91 Å². The van der Waals surface area contributed by atoms with E-state index in [-0.39, 0.29) is 12.0 Å². The number of nitrogens with one attached hydrogen (secondary N) is 1. The molecule has 1 amide bonds. The molecule has 4 rings (SSSR count). The maximum Gasteiger partial charge on any atom is 0.271 e. The molecule has 0 aliphatic carbocycles. The van der Waals surface area contributed by atoms with Crippen LogP contribution in [0.4, 0.5) is 0 Å². The smallest absolute Gasteiger partial charge is 0.271 e. The average Bonchev–Trinajstić information content (AvgIpc) is 3.27. The Labute approximate surface area is 163 Å². The zero-order valence-electron chi connectivity index (χ0n) is 16.3. The Morgan fingerprint density at radius 1 is 1.25 bits per heavy atom. The second kappa shape index (κ2) is 7.46. The lowest BCUT2D eigenvalue weighted by Crippen LogP contribution is -2.42. The molecule has 0 radical (unpaired) electrons. The molecule has 1 N–H and O–H groups in total. The van der Waals surface area contributed by atoms with Crippen molar-refractivity contribution in [2.24, 2.45) is 7.05 Å². The zero-order chi connectivity index (χ0) is 19.7. The highest BCUT2D eigenvalue weighted by Crippen LogP contribution is 2.26. The number of aromatic nitrogens is 5. The van der Waals surface area contributed by atoms with Crippen LogP contribution >= 0.6 is 0 Å². The van der Waals surface area contributed by atoms with Crippen LogP contribution in [0.5, 0.6) is 5.88 Å². The predicted octanol–water partition coefficient (Wildman–Crippen LogP) is 2.51. The minimum atomic E-state index is -0.0331. The summed E-state index contributed by atoms with van der Waals surface area (Å²) in [4.78, 5) is 18.9. The summed E-state index contributed by atoms with van der Waals surface area (Å²) in [5.74, 6) is 0.599. The van der Waals surface area contributed by atoms with Gasteiger partial charge < -0.3 is 9.64 Å². The quantitative estimate of drug-likeness (QED) is 0.751. The van der Waals surface area contributed by atoms with Crippen molar-refractivity contribution in [3.63, 3.8) is 0 Å². The maximum absolute atomic E-state index is 12.9. The number of carbonyl (C=O) groups is 1. The molecule has 0 aromatic carbocycles. The van der Waals surface area contributed by atoms with Gasteiger partial charge in [0.2, 0.25) is 5.88 Å². The molecule has 28 heavy (non-hydrogen) atoms. The van der Waals surface area contributed by atoms with Gasteiger partial charge in [-0.15, -0.1) is 0 Å². The Kier molecular flexibility index (Phi) is 4.85. The minimum Gasteiger partial charge on any atom is -0.474 e. The van der Waals surface area contributed by atoms with Gasteiger partial charge in [0.25, 0.3) is 5.91 Å². The Hall–Kier alpha value is -3.16. The molecule has 146 valence electrons. The summed E-state index contributed by atoms with van der Waals surface area (Å²) in [6, 6.07) is 7.44.